The highest BCUT2D eigenvalue weighted by molar-refractivity contribution is 4.59. The van der Waals surface area contributed by atoms with Crippen molar-refractivity contribution in [2.24, 2.45) is 0 Å². The number of nitrogens with one attached hydrogen (secondary N) is 1. The molecule has 0 aromatic rings. The van der Waals surface area contributed by atoms with Gasteiger partial charge in [-0.3, -0.25) is 0 Å². The van der Waals surface area contributed by atoms with Gasteiger partial charge in [0.05, 0.1) is 12.7 Å². The molecule has 2 N–H and O–H groups in total. The van der Waals surface area contributed by atoms with Gasteiger partial charge in [-0.15, -0.1) is 0 Å². The van der Waals surface area contributed by atoms with E-state index in [1.165, 1.54) is 109 Å². The molecule has 0 aliphatic carbocycles. The molecule has 0 aromatic heterocycles. The molecule has 0 spiro atoms. The van der Waals surface area contributed by atoms with Gasteiger partial charge in [0.15, 0.2) is 0 Å². The third-order valence-corrected chi connectivity index (χ3v) is 5.54. The van der Waals surface area contributed by atoms with Crippen molar-refractivity contribution in [1.82, 2.24) is 5.32 Å². The minimum absolute atomic E-state index is 0.364. The van der Waals surface area contributed by atoms with Gasteiger partial charge in [0, 0.05) is 13.2 Å². The quantitative estimate of drug-likeness (QED) is 0.171. The summed E-state index contributed by atoms with van der Waals surface area (Å²) in [6.07, 6.45) is 23.9. The summed E-state index contributed by atoms with van der Waals surface area (Å²) < 4.78 is 5.62. The van der Waals surface area contributed by atoms with Crippen molar-refractivity contribution >= 4 is 0 Å². The van der Waals surface area contributed by atoms with Gasteiger partial charge in [0.1, 0.15) is 0 Å². The van der Waals surface area contributed by atoms with Gasteiger partial charge in [0.2, 0.25) is 0 Å². The Labute approximate surface area is 177 Å². The second kappa shape index (κ2) is 24.9. The van der Waals surface area contributed by atoms with Gasteiger partial charge < -0.3 is 15.2 Å². The van der Waals surface area contributed by atoms with Crippen LogP contribution >= 0.6 is 0 Å². The highest BCUT2D eigenvalue weighted by atomic mass is 16.5. The van der Waals surface area contributed by atoms with Gasteiger partial charge in [-0.2, -0.15) is 0 Å². The van der Waals surface area contributed by atoms with E-state index in [4.69, 9.17) is 4.74 Å². The highest BCUT2D eigenvalue weighted by Crippen LogP contribution is 2.10. The summed E-state index contributed by atoms with van der Waals surface area (Å²) in [5, 5.41) is 13.3. The fourth-order valence-electron chi connectivity index (χ4n) is 3.62. The van der Waals surface area contributed by atoms with Crippen LogP contribution in [0.4, 0.5) is 0 Å². The van der Waals surface area contributed by atoms with Crippen LogP contribution in [0.15, 0.2) is 0 Å². The summed E-state index contributed by atoms with van der Waals surface area (Å²) in [4.78, 5) is 0. The van der Waals surface area contributed by atoms with Crippen LogP contribution in [0.3, 0.4) is 0 Å². The molecule has 3 nitrogen and oxygen atoms in total. The van der Waals surface area contributed by atoms with Gasteiger partial charge >= 0.3 is 0 Å². The number of ether oxygens (including phenoxy) is 1. The van der Waals surface area contributed by atoms with Crippen LogP contribution in [-0.2, 0) is 4.74 Å². The van der Waals surface area contributed by atoms with Crippen LogP contribution in [0.25, 0.3) is 0 Å². The molecule has 3 heteroatoms. The van der Waals surface area contributed by atoms with E-state index in [0.29, 0.717) is 13.2 Å². The largest absolute Gasteiger partial charge is 0.389 e. The number of hydrogen-bond donors (Lipinski definition) is 2. The van der Waals surface area contributed by atoms with Crippen molar-refractivity contribution < 1.29 is 9.84 Å². The van der Waals surface area contributed by atoms with Gasteiger partial charge in [-0.25, -0.2) is 0 Å². The summed E-state index contributed by atoms with van der Waals surface area (Å²) in [5.41, 5.74) is 0. The third-order valence-electron chi connectivity index (χ3n) is 5.54. The van der Waals surface area contributed by atoms with Crippen molar-refractivity contribution in [2.45, 2.75) is 136 Å². The molecule has 170 valence electrons. The molecule has 0 aliphatic heterocycles. The first kappa shape index (κ1) is 27.9. The summed E-state index contributed by atoms with van der Waals surface area (Å²) in [5.74, 6) is 0. The maximum Gasteiger partial charge on any atom is 0.0897 e. The molecule has 0 rings (SSSR count). The Bertz CT molecular complexity index is 273. The van der Waals surface area contributed by atoms with Crippen molar-refractivity contribution in [3.8, 4) is 0 Å². The monoisotopic (exact) mass is 399 g/mol. The van der Waals surface area contributed by atoms with Crippen molar-refractivity contribution in [3.05, 3.63) is 0 Å². The molecule has 0 amide bonds. The van der Waals surface area contributed by atoms with E-state index in [-0.39, 0.29) is 6.10 Å². The maximum absolute atomic E-state index is 9.95. The molecule has 1 atom stereocenters. The zero-order valence-corrected chi connectivity index (χ0v) is 19.5. The van der Waals surface area contributed by atoms with Gasteiger partial charge in [-0.1, -0.05) is 117 Å². The smallest absolute Gasteiger partial charge is 0.0897 e. The van der Waals surface area contributed by atoms with Crippen molar-refractivity contribution in [3.63, 3.8) is 0 Å². The topological polar surface area (TPSA) is 41.5 Å². The number of aliphatic hydroxyl groups is 1. The van der Waals surface area contributed by atoms with Crippen LogP contribution in [-0.4, -0.2) is 37.5 Å². The molecule has 0 bridgehead atoms. The van der Waals surface area contributed by atoms with Crippen molar-refractivity contribution in [2.75, 3.05) is 26.3 Å². The standard InChI is InChI=1S/C25H53NO2/c1-3-5-7-9-11-13-14-16-18-20-22-28-24-25(27)23-26-21-19-17-15-12-10-8-6-4-2/h25-27H,3-24H2,1-2H3. The first-order chi connectivity index (χ1) is 13.8. The molecule has 1 unspecified atom stereocenters. The van der Waals surface area contributed by atoms with E-state index in [9.17, 15) is 5.11 Å². The minimum atomic E-state index is -0.364. The molecular weight excluding hydrogens is 346 g/mol. The zero-order chi connectivity index (χ0) is 20.5. The molecule has 0 radical (unpaired) electrons. The normalized spacial score (nSPS) is 12.5. The van der Waals surface area contributed by atoms with Crippen LogP contribution in [0.1, 0.15) is 129 Å². The van der Waals surface area contributed by atoms with Crippen LogP contribution in [0.5, 0.6) is 0 Å². The van der Waals surface area contributed by atoms with E-state index in [1.54, 1.807) is 0 Å². The predicted molar refractivity (Wildman–Crippen MR) is 124 cm³/mol. The number of hydrogen-bond acceptors (Lipinski definition) is 3. The minimum Gasteiger partial charge on any atom is -0.389 e. The summed E-state index contributed by atoms with van der Waals surface area (Å²) in [6.45, 7) is 7.49. The van der Waals surface area contributed by atoms with E-state index < -0.39 is 0 Å². The van der Waals surface area contributed by atoms with E-state index in [2.05, 4.69) is 19.2 Å². The Hall–Kier alpha value is -0.120. The van der Waals surface area contributed by atoms with Gasteiger partial charge in [-0.05, 0) is 19.4 Å². The fraction of sp³-hybridized carbons (Fsp3) is 1.00. The number of rotatable bonds is 24. The lowest BCUT2D eigenvalue weighted by atomic mass is 10.1. The SMILES string of the molecule is CCCCCCCCCCCCOCC(O)CNCCCCCCCCCC. The molecule has 0 fully saturated rings. The average Bonchev–Trinajstić information content (AvgIpc) is 2.70. The first-order valence-electron chi connectivity index (χ1n) is 12.8. The molecule has 0 saturated carbocycles. The molecule has 0 aromatic carbocycles. The number of unbranched alkanes of at least 4 members (excludes halogenated alkanes) is 16. The summed E-state index contributed by atoms with van der Waals surface area (Å²) in [6, 6.07) is 0. The second-order valence-electron chi connectivity index (χ2n) is 8.59. The Kier molecular flexibility index (Phi) is 24.8. The van der Waals surface area contributed by atoms with Crippen LogP contribution in [0.2, 0.25) is 0 Å². The van der Waals surface area contributed by atoms with E-state index in [1.807, 2.05) is 0 Å². The molecule has 0 heterocycles. The summed E-state index contributed by atoms with van der Waals surface area (Å²) >= 11 is 0. The third kappa shape index (κ3) is 23.9. The second-order valence-corrected chi connectivity index (χ2v) is 8.59. The Morgan fingerprint density at radius 2 is 1.04 bits per heavy atom. The van der Waals surface area contributed by atoms with Crippen LogP contribution < -0.4 is 5.32 Å². The molecule has 0 aliphatic rings. The van der Waals surface area contributed by atoms with E-state index >= 15 is 0 Å². The Morgan fingerprint density at radius 3 is 1.54 bits per heavy atom. The van der Waals surface area contributed by atoms with Crippen LogP contribution in [0, 0.1) is 0 Å². The Morgan fingerprint density at radius 1 is 0.607 bits per heavy atom. The maximum atomic E-state index is 9.95. The lowest BCUT2D eigenvalue weighted by Gasteiger charge is -2.12. The molecular formula is C25H53NO2. The predicted octanol–water partition coefficient (Wildman–Crippen LogP) is 7.02. The highest BCUT2D eigenvalue weighted by Gasteiger charge is 2.03. The zero-order valence-electron chi connectivity index (χ0n) is 19.5. The fourth-order valence-corrected chi connectivity index (χ4v) is 3.62. The molecule has 0 saturated heterocycles. The van der Waals surface area contributed by atoms with E-state index in [0.717, 1.165) is 19.6 Å². The number of aliphatic hydroxyl groups excluding tert-OH is 1. The lowest BCUT2D eigenvalue weighted by molar-refractivity contribution is 0.0355. The average molecular weight is 400 g/mol. The summed E-state index contributed by atoms with van der Waals surface area (Å²) in [7, 11) is 0. The molecule has 28 heavy (non-hydrogen) atoms. The Balaban J connectivity index is 3.12. The van der Waals surface area contributed by atoms with Gasteiger partial charge in [0.25, 0.3) is 0 Å². The lowest BCUT2D eigenvalue weighted by Crippen LogP contribution is -2.31. The first-order valence-corrected chi connectivity index (χ1v) is 12.8. The van der Waals surface area contributed by atoms with Crippen molar-refractivity contribution in [1.29, 1.82) is 0 Å².